The lowest BCUT2D eigenvalue weighted by atomic mass is 9.93. The Morgan fingerprint density at radius 1 is 1.61 bits per heavy atom. The molecule has 98 valence electrons. The second kappa shape index (κ2) is 4.55. The molecule has 0 amide bonds. The van der Waals surface area contributed by atoms with E-state index in [4.69, 9.17) is 10.5 Å². The topological polar surface area (TPSA) is 50.9 Å². The molecule has 1 aromatic rings. The van der Waals surface area contributed by atoms with Gasteiger partial charge in [-0.2, -0.15) is 0 Å². The minimum atomic E-state index is 0.00280. The van der Waals surface area contributed by atoms with Gasteiger partial charge in [0.2, 0.25) is 0 Å². The van der Waals surface area contributed by atoms with Gasteiger partial charge in [-0.3, -0.25) is 4.99 Å². The highest BCUT2D eigenvalue weighted by molar-refractivity contribution is 7.09. The fraction of sp³-hybridized carbons (Fsp3) is 0.615. The van der Waals surface area contributed by atoms with E-state index in [1.165, 1.54) is 17.7 Å². The average molecular weight is 265 g/mol. The summed E-state index contributed by atoms with van der Waals surface area (Å²) < 4.78 is 5.46. The van der Waals surface area contributed by atoms with Gasteiger partial charge in [0.1, 0.15) is 0 Å². The normalized spacial score (nSPS) is 27.6. The number of hydrogen-bond acceptors (Lipinski definition) is 5. The summed E-state index contributed by atoms with van der Waals surface area (Å²) in [6, 6.07) is 4.24. The number of guanidine groups is 1. The van der Waals surface area contributed by atoms with Crippen molar-refractivity contribution in [3.63, 3.8) is 0 Å². The second-order valence-electron chi connectivity index (χ2n) is 5.15. The van der Waals surface area contributed by atoms with Crippen LogP contribution in [0.2, 0.25) is 0 Å². The Morgan fingerprint density at radius 2 is 2.44 bits per heavy atom. The number of rotatable bonds is 5. The van der Waals surface area contributed by atoms with Crippen LogP contribution in [0.1, 0.15) is 17.7 Å². The molecule has 1 fully saturated rings. The Balaban J connectivity index is 1.84. The molecule has 3 rings (SSSR count). The molecule has 1 unspecified atom stereocenters. The molecule has 1 aromatic heterocycles. The van der Waals surface area contributed by atoms with E-state index in [0.717, 1.165) is 13.1 Å². The lowest BCUT2D eigenvalue weighted by molar-refractivity contribution is 0.0475. The molecule has 1 aliphatic heterocycles. The number of nitrogens with zero attached hydrogens (tertiary/aromatic N) is 2. The van der Waals surface area contributed by atoms with Gasteiger partial charge in [0.05, 0.1) is 25.2 Å². The van der Waals surface area contributed by atoms with Gasteiger partial charge < -0.3 is 15.4 Å². The Morgan fingerprint density at radius 3 is 3.06 bits per heavy atom. The highest BCUT2D eigenvalue weighted by atomic mass is 32.1. The van der Waals surface area contributed by atoms with E-state index in [1.807, 2.05) is 0 Å². The van der Waals surface area contributed by atoms with Crippen molar-refractivity contribution in [2.75, 3.05) is 20.3 Å². The monoisotopic (exact) mass is 265 g/mol. The molecule has 1 saturated carbocycles. The van der Waals surface area contributed by atoms with Crippen molar-refractivity contribution in [1.29, 1.82) is 0 Å². The van der Waals surface area contributed by atoms with Crippen molar-refractivity contribution < 1.29 is 4.74 Å². The maximum atomic E-state index is 6.09. The summed E-state index contributed by atoms with van der Waals surface area (Å²) in [5.74, 6) is 1.36. The number of nitrogens with two attached hydrogens (primary N) is 1. The number of hydrogen-bond donors (Lipinski definition) is 1. The van der Waals surface area contributed by atoms with Gasteiger partial charge in [-0.1, -0.05) is 6.07 Å². The third-order valence-corrected chi connectivity index (χ3v) is 4.82. The van der Waals surface area contributed by atoms with Gasteiger partial charge in [0, 0.05) is 12.0 Å². The van der Waals surface area contributed by atoms with Gasteiger partial charge in [0.25, 0.3) is 0 Å². The van der Waals surface area contributed by atoms with Crippen LogP contribution in [-0.2, 0) is 11.3 Å². The lowest BCUT2D eigenvalue weighted by Crippen LogP contribution is -2.55. The zero-order valence-electron chi connectivity index (χ0n) is 10.6. The molecule has 5 heteroatoms. The molecule has 18 heavy (non-hydrogen) atoms. The van der Waals surface area contributed by atoms with Crippen molar-refractivity contribution in [1.82, 2.24) is 4.90 Å². The van der Waals surface area contributed by atoms with Crippen LogP contribution >= 0.6 is 11.3 Å². The Kier molecular flexibility index (Phi) is 3.03. The third-order valence-electron chi connectivity index (χ3n) is 3.95. The van der Waals surface area contributed by atoms with E-state index < -0.39 is 0 Å². The fourth-order valence-corrected chi connectivity index (χ4v) is 3.57. The number of thiophene rings is 1. The Labute approximate surface area is 111 Å². The minimum absolute atomic E-state index is 0.00280. The van der Waals surface area contributed by atoms with Crippen LogP contribution in [0.25, 0.3) is 0 Å². The number of methoxy groups -OCH3 is 1. The van der Waals surface area contributed by atoms with E-state index in [1.54, 1.807) is 18.4 Å². The molecule has 0 spiro atoms. The van der Waals surface area contributed by atoms with Crippen molar-refractivity contribution in [3.05, 3.63) is 22.4 Å². The van der Waals surface area contributed by atoms with Crippen molar-refractivity contribution in [3.8, 4) is 0 Å². The maximum absolute atomic E-state index is 6.09. The standard InChI is InChI=1S/C13H19N3OS/c1-17-9-13(10-4-5-10)8-15-12(14)16(13)7-11-3-2-6-18-11/h2-3,6,10H,4-5,7-9H2,1H3,(H2,14,15). The van der Waals surface area contributed by atoms with Crippen LogP contribution in [-0.4, -0.2) is 36.7 Å². The summed E-state index contributed by atoms with van der Waals surface area (Å²) >= 11 is 1.77. The summed E-state index contributed by atoms with van der Waals surface area (Å²) in [5.41, 5.74) is 6.09. The predicted octanol–water partition coefficient (Wildman–Crippen LogP) is 1.67. The highest BCUT2D eigenvalue weighted by Gasteiger charge is 2.52. The molecule has 0 bridgehead atoms. The van der Waals surface area contributed by atoms with Crippen LogP contribution in [0.15, 0.2) is 22.5 Å². The summed E-state index contributed by atoms with van der Waals surface area (Å²) in [4.78, 5) is 8.07. The first-order valence-electron chi connectivity index (χ1n) is 6.35. The maximum Gasteiger partial charge on any atom is 0.192 e. The van der Waals surface area contributed by atoms with E-state index in [-0.39, 0.29) is 5.54 Å². The highest BCUT2D eigenvalue weighted by Crippen LogP contribution is 2.46. The van der Waals surface area contributed by atoms with Gasteiger partial charge in [-0.25, -0.2) is 0 Å². The van der Waals surface area contributed by atoms with Crippen LogP contribution in [0, 0.1) is 5.92 Å². The minimum Gasteiger partial charge on any atom is -0.382 e. The molecule has 2 N–H and O–H groups in total. The molecule has 4 nitrogen and oxygen atoms in total. The Hall–Kier alpha value is -1.07. The van der Waals surface area contributed by atoms with Gasteiger partial charge in [-0.15, -0.1) is 11.3 Å². The Bertz CT molecular complexity index is 441. The molecule has 2 heterocycles. The molecule has 0 aromatic carbocycles. The molecule has 0 radical (unpaired) electrons. The summed E-state index contributed by atoms with van der Waals surface area (Å²) in [7, 11) is 1.77. The molecule has 2 aliphatic rings. The quantitative estimate of drug-likeness (QED) is 0.881. The average Bonchev–Trinajstić information content (AvgIpc) is 3.02. The van der Waals surface area contributed by atoms with Gasteiger partial charge in [0.15, 0.2) is 5.96 Å². The predicted molar refractivity (Wildman–Crippen MR) is 73.7 cm³/mol. The summed E-state index contributed by atoms with van der Waals surface area (Å²) in [6.45, 7) is 2.35. The molecule has 0 saturated heterocycles. The smallest absolute Gasteiger partial charge is 0.192 e. The van der Waals surface area contributed by atoms with E-state index >= 15 is 0 Å². The van der Waals surface area contributed by atoms with Crippen LogP contribution in [0.5, 0.6) is 0 Å². The van der Waals surface area contributed by atoms with Crippen LogP contribution in [0.4, 0.5) is 0 Å². The third kappa shape index (κ3) is 1.91. The first-order valence-corrected chi connectivity index (χ1v) is 7.23. The summed E-state index contributed by atoms with van der Waals surface area (Å²) in [6.07, 6.45) is 2.54. The van der Waals surface area contributed by atoms with Gasteiger partial charge in [-0.05, 0) is 30.2 Å². The summed E-state index contributed by atoms with van der Waals surface area (Å²) in [5, 5.41) is 2.11. The largest absolute Gasteiger partial charge is 0.382 e. The lowest BCUT2D eigenvalue weighted by Gasteiger charge is -2.39. The van der Waals surface area contributed by atoms with Crippen LogP contribution < -0.4 is 5.73 Å². The van der Waals surface area contributed by atoms with E-state index in [9.17, 15) is 0 Å². The SMILES string of the molecule is COCC1(C2CC2)CN=C(N)N1Cc1cccs1. The van der Waals surface area contributed by atoms with Crippen molar-refractivity contribution in [2.45, 2.75) is 24.9 Å². The first kappa shape index (κ1) is 12.0. The van der Waals surface area contributed by atoms with Crippen LogP contribution in [0.3, 0.4) is 0 Å². The zero-order chi connectivity index (χ0) is 12.6. The van der Waals surface area contributed by atoms with E-state index in [0.29, 0.717) is 18.5 Å². The van der Waals surface area contributed by atoms with Crippen molar-refractivity contribution >= 4 is 17.3 Å². The molecule has 1 aliphatic carbocycles. The first-order chi connectivity index (χ1) is 8.76. The number of ether oxygens (including phenoxy) is 1. The zero-order valence-corrected chi connectivity index (χ0v) is 11.4. The second-order valence-corrected chi connectivity index (χ2v) is 6.18. The fourth-order valence-electron chi connectivity index (χ4n) is 2.88. The number of aliphatic imine (C=N–C) groups is 1. The van der Waals surface area contributed by atoms with Crippen molar-refractivity contribution in [2.24, 2.45) is 16.6 Å². The van der Waals surface area contributed by atoms with Gasteiger partial charge >= 0.3 is 0 Å². The molecule has 1 atom stereocenters. The molecular weight excluding hydrogens is 246 g/mol. The van der Waals surface area contributed by atoms with E-state index in [2.05, 4.69) is 27.4 Å². The molecular formula is C13H19N3OS.